The van der Waals surface area contributed by atoms with Crippen LogP contribution in [0.3, 0.4) is 0 Å². The Kier molecular flexibility index (Phi) is 21.4. The minimum Gasteiger partial charge on any atom is -1.00 e. The summed E-state index contributed by atoms with van der Waals surface area (Å²) in [6.07, 6.45) is 0. The van der Waals surface area contributed by atoms with E-state index in [2.05, 4.69) is 0 Å². The molecular formula is H10FN2O4P. The van der Waals surface area contributed by atoms with Crippen molar-refractivity contribution >= 4 is 7.82 Å². The van der Waals surface area contributed by atoms with E-state index in [0.717, 1.165) is 0 Å². The maximum absolute atomic E-state index is 8.77. The lowest BCUT2D eigenvalue weighted by Gasteiger charge is -2.01. The van der Waals surface area contributed by atoms with Crippen LogP contribution in [-0.2, 0) is 4.57 Å². The predicted octanol–water partition coefficient (Wildman–Crippen LogP) is -3.80. The van der Waals surface area contributed by atoms with Gasteiger partial charge in [0.1, 0.15) is 0 Å². The molecule has 56 valence electrons. The summed E-state index contributed by atoms with van der Waals surface area (Å²) < 4.78 is 8.77. The Balaban J connectivity index is -0.0000000267. The highest BCUT2D eigenvalue weighted by molar-refractivity contribution is 7.43. The minimum atomic E-state index is -4.89. The van der Waals surface area contributed by atoms with E-state index in [9.17, 15) is 0 Å². The van der Waals surface area contributed by atoms with Crippen molar-refractivity contribution in [2.45, 2.75) is 0 Å². The Bertz CT molecular complexity index is 60.2. The molecule has 8 heavy (non-hydrogen) atoms. The second-order valence-electron chi connectivity index (χ2n) is 0.491. The first kappa shape index (κ1) is 24.6. The van der Waals surface area contributed by atoms with E-state index in [4.69, 9.17) is 19.2 Å². The quantitative estimate of drug-likeness (QED) is 0.262. The summed E-state index contributed by atoms with van der Waals surface area (Å²) in [4.78, 5) is 22.9. The topological polar surface area (TPSA) is 154 Å². The van der Waals surface area contributed by atoms with Gasteiger partial charge in [-0.3, -0.25) is 4.57 Å². The minimum absolute atomic E-state index is 0. The van der Waals surface area contributed by atoms with Gasteiger partial charge in [0.05, 0.1) is 0 Å². The normalized spacial score (nSPS) is 7.38. The van der Waals surface area contributed by atoms with Crippen molar-refractivity contribution in [3.05, 3.63) is 0 Å². The molecule has 0 aliphatic rings. The van der Waals surface area contributed by atoms with Gasteiger partial charge in [-0.15, -0.1) is 0 Å². The largest absolute Gasteiger partial charge is 1.00 e. The summed E-state index contributed by atoms with van der Waals surface area (Å²) in [5.41, 5.74) is 0. The van der Waals surface area contributed by atoms with Gasteiger partial charge in [-0.2, -0.15) is 0 Å². The van der Waals surface area contributed by atoms with E-state index < -0.39 is 7.82 Å². The molecule has 8 heteroatoms. The van der Waals surface area contributed by atoms with Crippen LogP contribution in [0.5, 0.6) is 0 Å². The summed E-state index contributed by atoms with van der Waals surface area (Å²) in [5.74, 6) is 0. The predicted molar refractivity (Wildman–Crippen MR) is 24.0 cm³/mol. The average Bonchev–Trinajstić information content (AvgIpc) is 0.722. The Hall–Kier alpha value is -0.0400. The van der Waals surface area contributed by atoms with E-state index in [1.165, 1.54) is 0 Å². The van der Waals surface area contributed by atoms with Gasteiger partial charge in [-0.1, -0.05) is 0 Å². The summed E-state index contributed by atoms with van der Waals surface area (Å²) in [7, 11) is -4.89. The zero-order valence-electron chi connectivity index (χ0n) is 4.54. The van der Waals surface area contributed by atoms with Crippen LogP contribution in [0.25, 0.3) is 0 Å². The lowest BCUT2D eigenvalue weighted by atomic mass is 14.0. The maximum atomic E-state index is 8.77. The molecule has 0 atom stereocenters. The van der Waals surface area contributed by atoms with Crippen LogP contribution in [-0.4, -0.2) is 9.79 Å². The van der Waals surface area contributed by atoms with E-state index in [-0.39, 0.29) is 17.0 Å². The summed E-state index contributed by atoms with van der Waals surface area (Å²) in [6.45, 7) is 0. The van der Waals surface area contributed by atoms with Crippen molar-refractivity contribution in [3.63, 3.8) is 0 Å². The van der Waals surface area contributed by atoms with Crippen LogP contribution in [0.15, 0.2) is 0 Å². The number of rotatable bonds is 0. The standard InChI is InChI=1S/FH.2H3N.H3O4P/c;;;1-5(2,3)4/h1H;2*1H3;(H3,1,2,3,4). The summed E-state index contributed by atoms with van der Waals surface area (Å²) in [6, 6.07) is 0. The highest BCUT2D eigenvalue weighted by Crippen LogP contribution is 2.18. The van der Waals surface area contributed by atoms with Crippen LogP contribution in [0.4, 0.5) is 0 Å². The van der Waals surface area contributed by atoms with Crippen molar-refractivity contribution in [3.8, 4) is 0 Å². The Labute approximate surface area is 45.3 Å². The molecule has 0 bridgehead atoms. The van der Waals surface area contributed by atoms with E-state index >= 15 is 0 Å². The van der Waals surface area contributed by atoms with Gasteiger partial charge in [0.15, 0.2) is 0 Å². The van der Waals surface area contributed by atoms with E-state index in [1.807, 2.05) is 0 Å². The highest BCUT2D eigenvalue weighted by Gasteiger charge is 1.82. The molecule has 0 spiro atoms. The first-order valence-electron chi connectivity index (χ1n) is 0.765. The fourth-order valence-electron chi connectivity index (χ4n) is 0. The Morgan fingerprint density at radius 3 is 1.25 bits per heavy atom. The number of halogens is 1. The first-order valence-corrected chi connectivity index (χ1v) is 2.30. The molecule has 0 unspecified atom stereocenters. The second-order valence-corrected chi connectivity index (χ2v) is 1.47. The number of phosphoric acid groups is 1. The van der Waals surface area contributed by atoms with Gasteiger partial charge in [-0.05, 0) is 0 Å². The zero-order chi connectivity index (χ0) is 4.50. The fraction of sp³-hybridized carbons (Fsp3) is 0. The molecule has 0 aliphatic heterocycles. The van der Waals surface area contributed by atoms with Gasteiger partial charge >= 0.3 is 0 Å². The molecule has 0 amide bonds. The zero-order valence-corrected chi connectivity index (χ0v) is 5.43. The van der Waals surface area contributed by atoms with Crippen LogP contribution in [0, 0.1) is 0 Å². The molecule has 0 aromatic carbocycles. The lowest BCUT2D eigenvalue weighted by Crippen LogP contribution is -3.00. The van der Waals surface area contributed by atoms with Gasteiger partial charge < -0.3 is 31.7 Å². The summed E-state index contributed by atoms with van der Waals surface area (Å²) in [5, 5.41) is 0. The second kappa shape index (κ2) is 6.96. The van der Waals surface area contributed by atoms with Crippen LogP contribution in [0.2, 0.25) is 0 Å². The van der Waals surface area contributed by atoms with Crippen LogP contribution < -0.4 is 21.9 Å². The molecule has 0 aliphatic carbocycles. The van der Waals surface area contributed by atoms with Gasteiger partial charge in [0, 0.05) is 0 Å². The van der Waals surface area contributed by atoms with Gasteiger partial charge in [-0.25, -0.2) is 0 Å². The van der Waals surface area contributed by atoms with Crippen molar-refractivity contribution in [1.82, 2.24) is 12.3 Å². The number of hydrogen-bond acceptors (Lipinski definition) is 2. The van der Waals surface area contributed by atoms with Crippen molar-refractivity contribution in [2.24, 2.45) is 0 Å². The molecule has 0 aromatic heterocycles. The average molecular weight is 152 g/mol. The smallest absolute Gasteiger partial charge is 0.262 e. The Morgan fingerprint density at radius 2 is 1.25 bits per heavy atom. The third-order valence-electron chi connectivity index (χ3n) is 0. The molecule has 10 N–H and O–H groups in total. The lowest BCUT2D eigenvalue weighted by molar-refractivity contribution is -0.214. The third-order valence-corrected chi connectivity index (χ3v) is 0. The molecule has 0 heterocycles. The molecule has 0 saturated heterocycles. The Morgan fingerprint density at radius 1 is 1.25 bits per heavy atom. The summed E-state index contributed by atoms with van der Waals surface area (Å²) >= 11 is 0. The van der Waals surface area contributed by atoms with Gasteiger partial charge in [0.25, 0.3) is 7.82 Å². The number of hydrogen-bond donors (Lipinski definition) is 4. The maximum Gasteiger partial charge on any atom is 0.262 e. The van der Waals surface area contributed by atoms with Crippen LogP contribution in [0.1, 0.15) is 0 Å². The fourth-order valence-corrected chi connectivity index (χ4v) is 0. The van der Waals surface area contributed by atoms with E-state index in [1.54, 1.807) is 0 Å². The SMILES string of the molecule is O=P([O-])(O)O.[F-].[NH4+].[NH4+]. The highest BCUT2D eigenvalue weighted by atomic mass is 31.2. The van der Waals surface area contributed by atoms with Crippen molar-refractivity contribution in [2.75, 3.05) is 0 Å². The number of quaternary nitrogens is 2. The molecule has 0 fully saturated rings. The monoisotopic (exact) mass is 152 g/mol. The molecule has 0 rings (SSSR count). The van der Waals surface area contributed by atoms with Crippen molar-refractivity contribution < 1.29 is 23.9 Å². The first-order chi connectivity index (χ1) is 2.00. The molecular weight excluding hydrogens is 142 g/mol. The molecule has 6 nitrogen and oxygen atoms in total. The van der Waals surface area contributed by atoms with E-state index in [0.29, 0.717) is 0 Å². The van der Waals surface area contributed by atoms with Crippen molar-refractivity contribution in [1.29, 1.82) is 0 Å². The van der Waals surface area contributed by atoms with Gasteiger partial charge in [0.2, 0.25) is 0 Å². The molecule has 0 aromatic rings. The molecule has 0 radical (unpaired) electrons. The molecule has 0 saturated carbocycles. The van der Waals surface area contributed by atoms with Crippen LogP contribution >= 0.6 is 7.82 Å². The third kappa shape index (κ3) is 91600.